The van der Waals surface area contributed by atoms with Crippen LogP contribution in [0.1, 0.15) is 44.9 Å². The van der Waals surface area contributed by atoms with Crippen molar-refractivity contribution in [1.82, 2.24) is 0 Å². The van der Waals surface area contributed by atoms with Gasteiger partial charge in [-0.2, -0.15) is 0 Å². The summed E-state index contributed by atoms with van der Waals surface area (Å²) in [7, 11) is 0. The number of hydrogen-bond acceptors (Lipinski definition) is 4. The molecule has 0 radical (unpaired) electrons. The average Bonchev–Trinajstić information content (AvgIpc) is 2.52. The predicted octanol–water partition coefficient (Wildman–Crippen LogP) is 3.74. The molecule has 1 aliphatic heterocycles. The monoisotopic (exact) mass is 340 g/mol. The van der Waals surface area contributed by atoms with Gasteiger partial charge in [0.1, 0.15) is 6.61 Å². The number of halogens is 1. The number of carbonyl (C=O) groups excluding carboxylic acids is 1. The van der Waals surface area contributed by atoms with Crippen LogP contribution in [0, 0.1) is 17.8 Å². The van der Waals surface area contributed by atoms with Gasteiger partial charge in [0, 0.05) is 11.9 Å². The lowest BCUT2D eigenvalue weighted by Gasteiger charge is -2.43. The number of esters is 1. The smallest absolute Gasteiger partial charge is 0.302 e. The SMILES string of the molecule is CC(=O)OCC1O[C@@H](c2ccc(Cl)c(CO)c2)C(C)[C@@H](C)[C@@H]1C. The van der Waals surface area contributed by atoms with Crippen LogP contribution in [-0.2, 0) is 20.9 Å². The standard InChI is InChI=1S/C18H25ClO4/c1-10-11(2)17(9-22-13(4)21)23-18(12(10)3)14-5-6-16(19)15(7-14)8-20/h5-7,10-12,17-18,20H,8-9H2,1-4H3/t10-,11-,12?,17?,18+/m0/s1. The van der Waals surface area contributed by atoms with Crippen molar-refractivity contribution >= 4 is 17.6 Å². The quantitative estimate of drug-likeness (QED) is 0.848. The number of ether oxygens (including phenoxy) is 2. The predicted molar refractivity (Wildman–Crippen MR) is 89.1 cm³/mol. The van der Waals surface area contributed by atoms with Crippen LogP contribution in [0.2, 0.25) is 5.02 Å². The van der Waals surface area contributed by atoms with E-state index < -0.39 is 0 Å². The Labute approximate surface area is 142 Å². The van der Waals surface area contributed by atoms with E-state index in [0.29, 0.717) is 28.3 Å². The van der Waals surface area contributed by atoms with E-state index in [1.54, 1.807) is 6.07 Å². The van der Waals surface area contributed by atoms with Gasteiger partial charge in [0.05, 0.1) is 18.8 Å². The Kier molecular flexibility index (Phi) is 6.06. The summed E-state index contributed by atoms with van der Waals surface area (Å²) in [5.74, 6) is 0.733. The van der Waals surface area contributed by atoms with Gasteiger partial charge >= 0.3 is 5.97 Å². The summed E-state index contributed by atoms with van der Waals surface area (Å²) in [6.45, 7) is 8.08. The maximum absolute atomic E-state index is 11.1. The summed E-state index contributed by atoms with van der Waals surface area (Å²) < 4.78 is 11.4. The number of hydrogen-bond donors (Lipinski definition) is 1. The molecule has 128 valence electrons. The number of aliphatic hydroxyl groups is 1. The van der Waals surface area contributed by atoms with Gasteiger partial charge in [-0.15, -0.1) is 0 Å². The Morgan fingerprint density at radius 1 is 1.26 bits per heavy atom. The first-order chi connectivity index (χ1) is 10.8. The summed E-state index contributed by atoms with van der Waals surface area (Å²) in [4.78, 5) is 11.1. The van der Waals surface area contributed by atoms with Gasteiger partial charge in [0.15, 0.2) is 0 Å². The summed E-state index contributed by atoms with van der Waals surface area (Å²) in [5, 5.41) is 9.97. The van der Waals surface area contributed by atoms with E-state index in [0.717, 1.165) is 5.56 Å². The fourth-order valence-corrected chi connectivity index (χ4v) is 3.37. The first kappa shape index (κ1) is 18.2. The lowest BCUT2D eigenvalue weighted by atomic mass is 9.75. The van der Waals surface area contributed by atoms with Gasteiger partial charge in [-0.1, -0.05) is 38.4 Å². The third-order valence-corrected chi connectivity index (χ3v) is 5.43. The molecule has 23 heavy (non-hydrogen) atoms. The molecule has 1 fully saturated rings. The Morgan fingerprint density at radius 3 is 2.57 bits per heavy atom. The van der Waals surface area contributed by atoms with Crippen LogP contribution in [0.15, 0.2) is 18.2 Å². The zero-order chi connectivity index (χ0) is 17.1. The molecule has 1 N–H and O–H groups in total. The number of rotatable bonds is 4. The maximum atomic E-state index is 11.1. The minimum absolute atomic E-state index is 0.101. The van der Waals surface area contributed by atoms with E-state index in [1.165, 1.54) is 6.92 Å². The zero-order valence-electron chi connectivity index (χ0n) is 14.1. The third-order valence-electron chi connectivity index (χ3n) is 5.06. The molecule has 2 rings (SSSR count). The number of aliphatic hydroxyl groups excluding tert-OH is 1. The van der Waals surface area contributed by atoms with Crippen LogP contribution >= 0.6 is 11.6 Å². The lowest BCUT2D eigenvalue weighted by Crippen LogP contribution is -2.43. The lowest BCUT2D eigenvalue weighted by molar-refractivity contribution is -0.170. The summed E-state index contributed by atoms with van der Waals surface area (Å²) in [6, 6.07) is 5.63. The van der Waals surface area contributed by atoms with Crippen molar-refractivity contribution in [2.45, 2.75) is 46.5 Å². The molecule has 0 amide bonds. The first-order valence-electron chi connectivity index (χ1n) is 8.03. The van der Waals surface area contributed by atoms with E-state index in [4.69, 9.17) is 21.1 Å². The minimum Gasteiger partial charge on any atom is -0.463 e. The van der Waals surface area contributed by atoms with Crippen molar-refractivity contribution < 1.29 is 19.4 Å². The van der Waals surface area contributed by atoms with Gasteiger partial charge in [-0.25, -0.2) is 0 Å². The Bertz CT molecular complexity index is 560. The fraction of sp³-hybridized carbons (Fsp3) is 0.611. The van der Waals surface area contributed by atoms with Crippen molar-refractivity contribution in [3.8, 4) is 0 Å². The van der Waals surface area contributed by atoms with E-state index in [-0.39, 0.29) is 31.4 Å². The van der Waals surface area contributed by atoms with Crippen LogP contribution in [0.4, 0.5) is 0 Å². The Morgan fingerprint density at radius 2 is 1.96 bits per heavy atom. The van der Waals surface area contributed by atoms with Crippen LogP contribution in [0.5, 0.6) is 0 Å². The third kappa shape index (κ3) is 4.06. The second-order valence-electron chi connectivity index (χ2n) is 6.48. The number of carbonyl (C=O) groups is 1. The summed E-state index contributed by atoms with van der Waals surface area (Å²) >= 11 is 6.08. The van der Waals surface area contributed by atoms with Crippen molar-refractivity contribution in [3.05, 3.63) is 34.3 Å². The average molecular weight is 341 g/mol. The van der Waals surface area contributed by atoms with Gasteiger partial charge in [0.25, 0.3) is 0 Å². The largest absolute Gasteiger partial charge is 0.463 e. The highest BCUT2D eigenvalue weighted by atomic mass is 35.5. The molecule has 5 heteroatoms. The molecule has 0 aliphatic carbocycles. The molecule has 2 unspecified atom stereocenters. The Hall–Kier alpha value is -1.10. The first-order valence-corrected chi connectivity index (χ1v) is 8.41. The molecule has 4 nitrogen and oxygen atoms in total. The van der Waals surface area contributed by atoms with Crippen LogP contribution < -0.4 is 0 Å². The van der Waals surface area contributed by atoms with Gasteiger partial charge in [-0.05, 0) is 41.0 Å². The maximum Gasteiger partial charge on any atom is 0.302 e. The molecule has 0 saturated carbocycles. The summed E-state index contributed by atoms with van der Waals surface area (Å²) in [5.41, 5.74) is 1.69. The van der Waals surface area contributed by atoms with Crippen molar-refractivity contribution in [2.75, 3.05) is 6.61 Å². The second-order valence-corrected chi connectivity index (χ2v) is 6.89. The van der Waals surface area contributed by atoms with E-state index >= 15 is 0 Å². The molecular weight excluding hydrogens is 316 g/mol. The van der Waals surface area contributed by atoms with Crippen molar-refractivity contribution in [2.24, 2.45) is 17.8 Å². The van der Waals surface area contributed by atoms with Gasteiger partial charge in [0.2, 0.25) is 0 Å². The molecule has 0 bridgehead atoms. The highest BCUT2D eigenvalue weighted by Gasteiger charge is 2.40. The second kappa shape index (κ2) is 7.65. The molecule has 5 atom stereocenters. The zero-order valence-corrected chi connectivity index (χ0v) is 14.8. The van der Waals surface area contributed by atoms with E-state index in [2.05, 4.69) is 20.8 Å². The summed E-state index contributed by atoms with van der Waals surface area (Å²) in [6.07, 6.45) is -0.243. The van der Waals surface area contributed by atoms with Crippen LogP contribution in [0.3, 0.4) is 0 Å². The fourth-order valence-electron chi connectivity index (χ4n) is 3.19. The van der Waals surface area contributed by atoms with Crippen molar-refractivity contribution in [1.29, 1.82) is 0 Å². The molecule has 1 aromatic rings. The highest BCUT2D eigenvalue weighted by Crippen LogP contribution is 2.43. The van der Waals surface area contributed by atoms with Gasteiger partial charge in [-0.3, -0.25) is 4.79 Å². The number of benzene rings is 1. The minimum atomic E-state index is -0.294. The normalized spacial score (nSPS) is 31.0. The molecule has 0 spiro atoms. The molecule has 0 aromatic heterocycles. The molecule has 1 aromatic carbocycles. The van der Waals surface area contributed by atoms with Gasteiger partial charge < -0.3 is 14.6 Å². The van der Waals surface area contributed by atoms with E-state index in [9.17, 15) is 9.90 Å². The van der Waals surface area contributed by atoms with Crippen molar-refractivity contribution in [3.63, 3.8) is 0 Å². The molecule has 1 saturated heterocycles. The molecule has 1 heterocycles. The molecular formula is C18H25ClO4. The molecule has 1 aliphatic rings. The highest BCUT2D eigenvalue weighted by molar-refractivity contribution is 6.31. The Balaban J connectivity index is 2.24. The van der Waals surface area contributed by atoms with Crippen LogP contribution in [-0.4, -0.2) is 23.8 Å². The van der Waals surface area contributed by atoms with E-state index in [1.807, 2.05) is 12.1 Å². The van der Waals surface area contributed by atoms with Crippen LogP contribution in [0.25, 0.3) is 0 Å². The topological polar surface area (TPSA) is 55.8 Å².